The maximum absolute atomic E-state index is 6.11. The minimum absolute atomic E-state index is 0.732. The van der Waals surface area contributed by atoms with Gasteiger partial charge in [0, 0.05) is 18.7 Å². The third-order valence-electron chi connectivity index (χ3n) is 3.10. The fourth-order valence-electron chi connectivity index (χ4n) is 2.16. The molecule has 1 aliphatic heterocycles. The van der Waals surface area contributed by atoms with Crippen LogP contribution < -0.4 is 10.6 Å². The Kier molecular flexibility index (Phi) is 2.90. The van der Waals surface area contributed by atoms with Crippen molar-refractivity contribution in [2.45, 2.75) is 0 Å². The number of nitrogens with zero attached hydrogens (tertiary/aromatic N) is 2. The van der Waals surface area contributed by atoms with Crippen molar-refractivity contribution < 1.29 is 9.15 Å². The molecule has 0 aliphatic carbocycles. The van der Waals surface area contributed by atoms with Gasteiger partial charge in [-0.1, -0.05) is 0 Å². The van der Waals surface area contributed by atoms with Crippen molar-refractivity contribution in [2.75, 3.05) is 36.9 Å². The molecule has 5 nitrogen and oxygen atoms in total. The number of morpholine rings is 1. The molecular weight excluding hydrogens is 230 g/mol. The van der Waals surface area contributed by atoms with E-state index < -0.39 is 0 Å². The van der Waals surface area contributed by atoms with Gasteiger partial charge in [-0.05, 0) is 18.2 Å². The Morgan fingerprint density at radius 1 is 1.22 bits per heavy atom. The first kappa shape index (κ1) is 11.1. The second-order valence-corrected chi connectivity index (χ2v) is 4.24. The summed E-state index contributed by atoms with van der Waals surface area (Å²) in [5.41, 5.74) is 8.87. The SMILES string of the molecule is Nc1cc(-c2cnco2)ccc1N1CCOCC1. The lowest BCUT2D eigenvalue weighted by Crippen LogP contribution is -2.36. The molecule has 2 heterocycles. The van der Waals surface area contributed by atoms with Crippen molar-refractivity contribution in [3.05, 3.63) is 30.8 Å². The van der Waals surface area contributed by atoms with Crippen LogP contribution in [0.25, 0.3) is 11.3 Å². The molecule has 5 heteroatoms. The Bertz CT molecular complexity index is 519. The summed E-state index contributed by atoms with van der Waals surface area (Å²) in [6.07, 6.45) is 3.10. The summed E-state index contributed by atoms with van der Waals surface area (Å²) in [5.74, 6) is 0.732. The Morgan fingerprint density at radius 3 is 2.72 bits per heavy atom. The number of aromatic nitrogens is 1. The van der Waals surface area contributed by atoms with Crippen LogP contribution in [0.1, 0.15) is 0 Å². The van der Waals surface area contributed by atoms with E-state index in [2.05, 4.69) is 9.88 Å². The largest absolute Gasteiger partial charge is 0.444 e. The molecule has 1 fully saturated rings. The number of ether oxygens (including phenoxy) is 1. The molecule has 94 valence electrons. The molecule has 0 amide bonds. The number of hydrogen-bond donors (Lipinski definition) is 1. The van der Waals surface area contributed by atoms with E-state index in [1.807, 2.05) is 18.2 Å². The lowest BCUT2D eigenvalue weighted by atomic mass is 10.1. The van der Waals surface area contributed by atoms with E-state index in [9.17, 15) is 0 Å². The molecule has 2 aromatic rings. The summed E-state index contributed by atoms with van der Waals surface area (Å²) in [4.78, 5) is 6.15. The van der Waals surface area contributed by atoms with Gasteiger partial charge in [-0.2, -0.15) is 0 Å². The Hall–Kier alpha value is -2.01. The highest BCUT2D eigenvalue weighted by atomic mass is 16.5. The van der Waals surface area contributed by atoms with Gasteiger partial charge in [-0.3, -0.25) is 0 Å². The smallest absolute Gasteiger partial charge is 0.181 e. The lowest BCUT2D eigenvalue weighted by Gasteiger charge is -2.29. The van der Waals surface area contributed by atoms with Crippen molar-refractivity contribution in [1.29, 1.82) is 0 Å². The van der Waals surface area contributed by atoms with Crippen molar-refractivity contribution >= 4 is 11.4 Å². The first-order valence-electron chi connectivity index (χ1n) is 5.96. The molecule has 1 aromatic carbocycles. The highest BCUT2D eigenvalue weighted by molar-refractivity contribution is 5.74. The van der Waals surface area contributed by atoms with E-state index in [0.717, 1.165) is 49.0 Å². The van der Waals surface area contributed by atoms with Crippen LogP contribution >= 0.6 is 0 Å². The van der Waals surface area contributed by atoms with Gasteiger partial charge in [0.25, 0.3) is 0 Å². The monoisotopic (exact) mass is 245 g/mol. The molecule has 0 atom stereocenters. The van der Waals surface area contributed by atoms with Crippen LogP contribution in [0.3, 0.4) is 0 Å². The molecule has 18 heavy (non-hydrogen) atoms. The van der Waals surface area contributed by atoms with E-state index in [1.165, 1.54) is 6.39 Å². The second kappa shape index (κ2) is 4.70. The maximum atomic E-state index is 6.11. The molecule has 1 aromatic heterocycles. The third-order valence-corrected chi connectivity index (χ3v) is 3.10. The third kappa shape index (κ3) is 2.04. The van der Waals surface area contributed by atoms with Crippen LogP contribution in [0.4, 0.5) is 11.4 Å². The van der Waals surface area contributed by atoms with E-state index in [1.54, 1.807) is 6.20 Å². The number of nitrogen functional groups attached to an aromatic ring is 1. The van der Waals surface area contributed by atoms with Gasteiger partial charge >= 0.3 is 0 Å². The average molecular weight is 245 g/mol. The number of hydrogen-bond acceptors (Lipinski definition) is 5. The number of benzene rings is 1. The minimum atomic E-state index is 0.732. The fourth-order valence-corrected chi connectivity index (χ4v) is 2.16. The maximum Gasteiger partial charge on any atom is 0.181 e. The first-order valence-corrected chi connectivity index (χ1v) is 5.96. The number of nitrogens with two attached hydrogens (primary N) is 1. The molecule has 1 aliphatic rings. The predicted molar refractivity (Wildman–Crippen MR) is 69.4 cm³/mol. The first-order chi connectivity index (χ1) is 8.84. The van der Waals surface area contributed by atoms with E-state index in [4.69, 9.17) is 14.9 Å². The topological polar surface area (TPSA) is 64.5 Å². The zero-order valence-corrected chi connectivity index (χ0v) is 10.0. The van der Waals surface area contributed by atoms with Gasteiger partial charge in [0.1, 0.15) is 0 Å². The van der Waals surface area contributed by atoms with Crippen molar-refractivity contribution in [3.63, 3.8) is 0 Å². The minimum Gasteiger partial charge on any atom is -0.444 e. The molecular formula is C13H15N3O2. The van der Waals surface area contributed by atoms with Crippen LogP contribution in [-0.2, 0) is 4.74 Å². The van der Waals surface area contributed by atoms with Crippen LogP contribution in [0.5, 0.6) is 0 Å². The van der Waals surface area contributed by atoms with E-state index in [0.29, 0.717) is 0 Å². The van der Waals surface area contributed by atoms with Crippen LogP contribution in [0.15, 0.2) is 35.2 Å². The van der Waals surface area contributed by atoms with Gasteiger partial charge < -0.3 is 19.8 Å². The number of anilines is 2. The van der Waals surface area contributed by atoms with Gasteiger partial charge in [-0.15, -0.1) is 0 Å². The fraction of sp³-hybridized carbons (Fsp3) is 0.308. The van der Waals surface area contributed by atoms with Crippen molar-refractivity contribution in [1.82, 2.24) is 4.98 Å². The molecule has 0 spiro atoms. The van der Waals surface area contributed by atoms with E-state index >= 15 is 0 Å². The van der Waals surface area contributed by atoms with E-state index in [-0.39, 0.29) is 0 Å². The molecule has 0 bridgehead atoms. The molecule has 0 unspecified atom stereocenters. The standard InChI is InChI=1S/C13H15N3O2/c14-11-7-10(13-8-15-9-18-13)1-2-12(11)16-3-5-17-6-4-16/h1-2,7-9H,3-6,14H2. The van der Waals surface area contributed by atoms with Gasteiger partial charge in [0.2, 0.25) is 0 Å². The van der Waals surface area contributed by atoms with Gasteiger partial charge in [0.15, 0.2) is 12.2 Å². The zero-order chi connectivity index (χ0) is 12.4. The summed E-state index contributed by atoms with van der Waals surface area (Å²) < 4.78 is 10.6. The number of rotatable bonds is 2. The lowest BCUT2D eigenvalue weighted by molar-refractivity contribution is 0.123. The summed E-state index contributed by atoms with van der Waals surface area (Å²) in [7, 11) is 0. The molecule has 0 radical (unpaired) electrons. The van der Waals surface area contributed by atoms with Gasteiger partial charge in [-0.25, -0.2) is 4.98 Å². The second-order valence-electron chi connectivity index (χ2n) is 4.24. The summed E-state index contributed by atoms with van der Waals surface area (Å²) in [5, 5.41) is 0. The summed E-state index contributed by atoms with van der Waals surface area (Å²) in [6, 6.07) is 5.95. The van der Waals surface area contributed by atoms with Gasteiger partial charge in [0.05, 0.1) is 30.8 Å². The Morgan fingerprint density at radius 2 is 2.06 bits per heavy atom. The van der Waals surface area contributed by atoms with Crippen molar-refractivity contribution in [2.24, 2.45) is 0 Å². The highest BCUT2D eigenvalue weighted by Crippen LogP contribution is 2.29. The molecule has 3 rings (SSSR count). The van der Waals surface area contributed by atoms with Crippen LogP contribution in [0.2, 0.25) is 0 Å². The number of oxazole rings is 1. The average Bonchev–Trinajstić information content (AvgIpc) is 2.93. The molecule has 1 saturated heterocycles. The molecule has 2 N–H and O–H groups in total. The zero-order valence-electron chi connectivity index (χ0n) is 10.0. The van der Waals surface area contributed by atoms with Crippen LogP contribution in [0, 0.1) is 0 Å². The van der Waals surface area contributed by atoms with Crippen molar-refractivity contribution in [3.8, 4) is 11.3 Å². The summed E-state index contributed by atoms with van der Waals surface area (Å²) >= 11 is 0. The van der Waals surface area contributed by atoms with Crippen LogP contribution in [-0.4, -0.2) is 31.3 Å². The predicted octanol–water partition coefficient (Wildman–Crippen LogP) is 1.76. The quantitative estimate of drug-likeness (QED) is 0.817. The molecule has 0 saturated carbocycles. The summed E-state index contributed by atoms with van der Waals surface area (Å²) in [6.45, 7) is 3.27. The normalized spacial score (nSPS) is 15.9. The highest BCUT2D eigenvalue weighted by Gasteiger charge is 2.14. The Balaban J connectivity index is 1.89. The Labute approximate surface area is 105 Å².